The fourth-order valence-corrected chi connectivity index (χ4v) is 3.36. The van der Waals surface area contributed by atoms with Crippen LogP contribution in [0.5, 0.6) is 0 Å². The number of amides is 1. The highest BCUT2D eigenvalue weighted by Gasteiger charge is 2.38. The summed E-state index contributed by atoms with van der Waals surface area (Å²) in [4.78, 5) is 26.5. The van der Waals surface area contributed by atoms with E-state index in [9.17, 15) is 9.59 Å². The normalized spacial score (nSPS) is 15.0. The highest BCUT2D eigenvalue weighted by molar-refractivity contribution is 6.07. The maximum atomic E-state index is 12.8. The number of para-hydroxylation sites is 2. The van der Waals surface area contributed by atoms with E-state index in [0.29, 0.717) is 32.4 Å². The van der Waals surface area contributed by atoms with E-state index in [1.54, 1.807) is 4.90 Å². The lowest BCUT2D eigenvalue weighted by Crippen LogP contribution is -2.54. The SMILES string of the molecule is Cc1ccc(CCC(=O)OCCCN2C(=O)C(C)(C)Nc3ccccc32)cc1. The van der Waals surface area contributed by atoms with Crippen LogP contribution in [0.3, 0.4) is 0 Å². The minimum absolute atomic E-state index is 0.0249. The number of hydrogen-bond donors (Lipinski definition) is 1. The smallest absolute Gasteiger partial charge is 0.306 e. The van der Waals surface area contributed by atoms with Crippen LogP contribution < -0.4 is 10.2 Å². The predicted molar refractivity (Wildman–Crippen MR) is 112 cm³/mol. The lowest BCUT2D eigenvalue weighted by atomic mass is 9.98. The number of ether oxygens (including phenoxy) is 1. The molecule has 0 spiro atoms. The van der Waals surface area contributed by atoms with Crippen molar-refractivity contribution in [1.29, 1.82) is 0 Å². The molecule has 1 amide bonds. The first kappa shape index (κ1) is 19.9. The van der Waals surface area contributed by atoms with Crippen molar-refractivity contribution < 1.29 is 14.3 Å². The predicted octanol–water partition coefficient (Wildman–Crippen LogP) is 4.10. The molecule has 148 valence electrons. The molecule has 5 heteroatoms. The first-order valence-electron chi connectivity index (χ1n) is 9.77. The Morgan fingerprint density at radius 2 is 1.82 bits per heavy atom. The van der Waals surface area contributed by atoms with Crippen molar-refractivity contribution in [1.82, 2.24) is 0 Å². The van der Waals surface area contributed by atoms with E-state index in [2.05, 4.69) is 5.32 Å². The van der Waals surface area contributed by atoms with E-state index in [4.69, 9.17) is 4.74 Å². The summed E-state index contributed by atoms with van der Waals surface area (Å²) in [6, 6.07) is 15.9. The standard InChI is InChI=1S/C23H28N2O3/c1-17-9-11-18(12-10-17)13-14-21(26)28-16-6-15-25-20-8-5-4-7-19(20)24-23(2,3)22(25)27/h4-5,7-12,24H,6,13-16H2,1-3H3. The van der Waals surface area contributed by atoms with E-state index >= 15 is 0 Å². The van der Waals surface area contributed by atoms with Crippen LogP contribution in [-0.4, -0.2) is 30.6 Å². The molecule has 28 heavy (non-hydrogen) atoms. The van der Waals surface area contributed by atoms with Gasteiger partial charge in [-0.1, -0.05) is 42.0 Å². The molecule has 3 rings (SSSR count). The van der Waals surface area contributed by atoms with Crippen LogP contribution in [0.4, 0.5) is 11.4 Å². The van der Waals surface area contributed by atoms with E-state index in [-0.39, 0.29) is 11.9 Å². The number of fused-ring (bicyclic) bond motifs is 1. The third-order valence-corrected chi connectivity index (χ3v) is 4.95. The van der Waals surface area contributed by atoms with Crippen molar-refractivity contribution in [2.24, 2.45) is 0 Å². The molecule has 0 fully saturated rings. The summed E-state index contributed by atoms with van der Waals surface area (Å²) in [5.74, 6) is -0.176. The minimum atomic E-state index is -0.654. The molecule has 1 aliphatic rings. The van der Waals surface area contributed by atoms with Gasteiger partial charge in [-0.15, -0.1) is 0 Å². The Bertz CT molecular complexity index is 843. The number of hydrogen-bond acceptors (Lipinski definition) is 4. The quantitative estimate of drug-likeness (QED) is 0.580. The van der Waals surface area contributed by atoms with Gasteiger partial charge in [-0.2, -0.15) is 0 Å². The number of anilines is 2. The van der Waals surface area contributed by atoms with Crippen molar-refractivity contribution in [2.45, 2.75) is 45.6 Å². The highest BCUT2D eigenvalue weighted by Crippen LogP contribution is 2.34. The fraction of sp³-hybridized carbons (Fsp3) is 0.391. The van der Waals surface area contributed by atoms with Crippen LogP contribution in [0.15, 0.2) is 48.5 Å². The molecule has 1 N–H and O–H groups in total. The van der Waals surface area contributed by atoms with Gasteiger partial charge in [-0.25, -0.2) is 0 Å². The zero-order chi connectivity index (χ0) is 20.1. The second-order valence-electron chi connectivity index (χ2n) is 7.78. The summed E-state index contributed by atoms with van der Waals surface area (Å²) in [7, 11) is 0. The minimum Gasteiger partial charge on any atom is -0.466 e. The van der Waals surface area contributed by atoms with Crippen LogP contribution in [0, 0.1) is 6.92 Å². The molecule has 2 aromatic carbocycles. The lowest BCUT2D eigenvalue weighted by molar-refractivity contribution is -0.143. The molecule has 2 aromatic rings. The molecule has 5 nitrogen and oxygen atoms in total. The Kier molecular flexibility index (Phi) is 6.02. The van der Waals surface area contributed by atoms with Crippen molar-refractivity contribution in [3.05, 3.63) is 59.7 Å². The van der Waals surface area contributed by atoms with Gasteiger partial charge < -0.3 is 15.0 Å². The summed E-state index contributed by atoms with van der Waals surface area (Å²) < 4.78 is 5.36. The first-order chi connectivity index (χ1) is 13.4. The van der Waals surface area contributed by atoms with Crippen molar-refractivity contribution in [3.8, 4) is 0 Å². The van der Waals surface area contributed by atoms with E-state index in [1.165, 1.54) is 5.56 Å². The Hall–Kier alpha value is -2.82. The van der Waals surface area contributed by atoms with Gasteiger partial charge in [-0.3, -0.25) is 9.59 Å². The van der Waals surface area contributed by atoms with Gasteiger partial charge in [0, 0.05) is 13.0 Å². The van der Waals surface area contributed by atoms with E-state index in [1.807, 2.05) is 69.3 Å². The molecule has 0 saturated carbocycles. The van der Waals surface area contributed by atoms with Gasteiger partial charge >= 0.3 is 5.97 Å². The number of aryl methyl sites for hydroxylation is 2. The zero-order valence-corrected chi connectivity index (χ0v) is 16.8. The summed E-state index contributed by atoms with van der Waals surface area (Å²) in [5, 5.41) is 3.28. The lowest BCUT2D eigenvalue weighted by Gasteiger charge is -2.40. The average Bonchev–Trinajstić information content (AvgIpc) is 2.67. The molecule has 0 radical (unpaired) electrons. The summed E-state index contributed by atoms with van der Waals surface area (Å²) >= 11 is 0. The largest absolute Gasteiger partial charge is 0.466 e. The maximum Gasteiger partial charge on any atom is 0.306 e. The Morgan fingerprint density at radius 3 is 2.57 bits per heavy atom. The summed E-state index contributed by atoms with van der Waals surface area (Å²) in [6.07, 6.45) is 1.65. The van der Waals surface area contributed by atoms with Crippen molar-refractivity contribution in [3.63, 3.8) is 0 Å². The van der Waals surface area contributed by atoms with Crippen LogP contribution in [0.1, 0.15) is 37.8 Å². The number of rotatable bonds is 7. The second kappa shape index (κ2) is 8.46. The molecular formula is C23H28N2O3. The average molecular weight is 380 g/mol. The van der Waals surface area contributed by atoms with Gasteiger partial charge in [-0.05, 0) is 51.3 Å². The Labute approximate surface area is 166 Å². The number of carbonyl (C=O) groups excluding carboxylic acids is 2. The van der Waals surface area contributed by atoms with E-state index in [0.717, 1.165) is 16.9 Å². The number of nitrogens with one attached hydrogen (secondary N) is 1. The third-order valence-electron chi connectivity index (χ3n) is 4.95. The molecule has 0 aromatic heterocycles. The number of esters is 1. The zero-order valence-electron chi connectivity index (χ0n) is 16.8. The summed E-state index contributed by atoms with van der Waals surface area (Å²) in [6.45, 7) is 6.63. The Balaban J connectivity index is 1.47. The van der Waals surface area contributed by atoms with Crippen molar-refractivity contribution in [2.75, 3.05) is 23.4 Å². The van der Waals surface area contributed by atoms with Crippen LogP contribution in [0.25, 0.3) is 0 Å². The molecule has 0 bridgehead atoms. The topological polar surface area (TPSA) is 58.6 Å². The molecule has 1 heterocycles. The van der Waals surface area contributed by atoms with Gasteiger partial charge in [0.15, 0.2) is 0 Å². The first-order valence-corrected chi connectivity index (χ1v) is 9.77. The van der Waals surface area contributed by atoms with Crippen LogP contribution in [-0.2, 0) is 20.7 Å². The van der Waals surface area contributed by atoms with Crippen LogP contribution >= 0.6 is 0 Å². The molecule has 0 atom stereocenters. The highest BCUT2D eigenvalue weighted by atomic mass is 16.5. The summed E-state index contributed by atoms with van der Waals surface area (Å²) in [5.41, 5.74) is 3.50. The number of carbonyl (C=O) groups is 2. The maximum absolute atomic E-state index is 12.8. The van der Waals surface area contributed by atoms with Gasteiger partial charge in [0.05, 0.1) is 18.0 Å². The second-order valence-corrected chi connectivity index (χ2v) is 7.78. The van der Waals surface area contributed by atoms with Crippen LogP contribution in [0.2, 0.25) is 0 Å². The van der Waals surface area contributed by atoms with E-state index < -0.39 is 5.54 Å². The monoisotopic (exact) mass is 380 g/mol. The Morgan fingerprint density at radius 1 is 1.11 bits per heavy atom. The fourth-order valence-electron chi connectivity index (χ4n) is 3.36. The number of benzene rings is 2. The molecule has 1 aliphatic heterocycles. The van der Waals surface area contributed by atoms with Gasteiger partial charge in [0.2, 0.25) is 0 Å². The molecular weight excluding hydrogens is 352 g/mol. The molecule has 0 unspecified atom stereocenters. The van der Waals surface area contributed by atoms with Gasteiger partial charge in [0.1, 0.15) is 5.54 Å². The van der Waals surface area contributed by atoms with Crippen molar-refractivity contribution >= 4 is 23.3 Å². The third kappa shape index (κ3) is 4.71. The number of nitrogens with zero attached hydrogens (tertiary/aromatic N) is 1. The molecule has 0 saturated heterocycles. The molecule has 0 aliphatic carbocycles. The van der Waals surface area contributed by atoms with Gasteiger partial charge in [0.25, 0.3) is 5.91 Å².